The van der Waals surface area contributed by atoms with Crippen molar-refractivity contribution in [2.45, 2.75) is 39.5 Å². The van der Waals surface area contributed by atoms with Gasteiger partial charge >= 0.3 is 0 Å². The second-order valence-electron chi connectivity index (χ2n) is 3.55. The Labute approximate surface area is 74.3 Å². The normalized spacial score (nSPS) is 20.8. The Bertz CT molecular complexity index is 210. The molecule has 2 heteroatoms. The van der Waals surface area contributed by atoms with Crippen LogP contribution in [-0.4, -0.2) is 0 Å². The van der Waals surface area contributed by atoms with E-state index in [1.54, 1.807) is 0 Å². The number of hydrogen-bond acceptors (Lipinski definition) is 2. The van der Waals surface area contributed by atoms with Gasteiger partial charge in [0, 0.05) is 5.70 Å². The summed E-state index contributed by atoms with van der Waals surface area (Å²) in [5.74, 6) is 0. The number of rotatable bonds is 0. The molecule has 0 saturated carbocycles. The first-order valence-corrected chi connectivity index (χ1v) is 4.53. The Morgan fingerprint density at radius 1 is 1.00 bits per heavy atom. The number of hydrogen-bond donors (Lipinski definition) is 2. The summed E-state index contributed by atoms with van der Waals surface area (Å²) in [6.45, 7) is 4.20. The molecule has 1 aliphatic rings. The van der Waals surface area contributed by atoms with Crippen LogP contribution in [0.3, 0.4) is 0 Å². The van der Waals surface area contributed by atoms with E-state index in [2.05, 4.69) is 13.8 Å². The molecule has 4 N–H and O–H groups in total. The summed E-state index contributed by atoms with van der Waals surface area (Å²) in [4.78, 5) is 0. The molecule has 0 fully saturated rings. The topological polar surface area (TPSA) is 52.0 Å². The van der Waals surface area contributed by atoms with Crippen molar-refractivity contribution < 1.29 is 0 Å². The lowest BCUT2D eigenvalue weighted by Gasteiger charge is -2.15. The predicted molar refractivity (Wildman–Crippen MR) is 52.2 cm³/mol. The third-order valence-corrected chi connectivity index (χ3v) is 2.64. The maximum atomic E-state index is 5.88. The monoisotopic (exact) mass is 166 g/mol. The molecule has 0 radical (unpaired) electrons. The van der Waals surface area contributed by atoms with Gasteiger partial charge in [0.05, 0.1) is 5.70 Å². The van der Waals surface area contributed by atoms with Crippen LogP contribution in [0, 0.1) is 0 Å². The van der Waals surface area contributed by atoms with E-state index < -0.39 is 0 Å². The van der Waals surface area contributed by atoms with Gasteiger partial charge in [-0.25, -0.2) is 0 Å². The maximum Gasteiger partial charge on any atom is 0.0533 e. The fourth-order valence-corrected chi connectivity index (χ4v) is 1.50. The van der Waals surface area contributed by atoms with Crippen LogP contribution in [0.1, 0.15) is 39.5 Å². The van der Waals surface area contributed by atoms with Crippen molar-refractivity contribution in [3.05, 3.63) is 22.5 Å². The highest BCUT2D eigenvalue weighted by Gasteiger charge is 2.08. The molecule has 0 spiro atoms. The minimum Gasteiger partial charge on any atom is -0.400 e. The molecule has 0 amide bonds. The molecule has 0 heterocycles. The Balaban J connectivity index is 2.99. The largest absolute Gasteiger partial charge is 0.400 e. The molecular formula is C10H18N2. The minimum atomic E-state index is 0.812. The molecule has 0 atom stereocenters. The van der Waals surface area contributed by atoms with Crippen molar-refractivity contribution in [3.8, 4) is 0 Å². The van der Waals surface area contributed by atoms with Crippen LogP contribution in [0.2, 0.25) is 0 Å². The Hall–Kier alpha value is -0.920. The van der Waals surface area contributed by atoms with E-state index in [1.165, 1.54) is 24.0 Å². The van der Waals surface area contributed by atoms with E-state index >= 15 is 0 Å². The zero-order valence-corrected chi connectivity index (χ0v) is 7.98. The molecule has 0 unspecified atom stereocenters. The van der Waals surface area contributed by atoms with Crippen LogP contribution in [0.5, 0.6) is 0 Å². The second kappa shape index (κ2) is 3.65. The molecule has 0 saturated heterocycles. The van der Waals surface area contributed by atoms with E-state index in [0.29, 0.717) is 0 Å². The average molecular weight is 166 g/mol. The molecule has 0 aromatic heterocycles. The highest BCUT2D eigenvalue weighted by Crippen LogP contribution is 2.22. The third-order valence-electron chi connectivity index (χ3n) is 2.64. The molecule has 0 aromatic rings. The SMILES string of the molecule is CC1=C(C)C(N)=C(N)CCCC1. The van der Waals surface area contributed by atoms with E-state index in [9.17, 15) is 0 Å². The summed E-state index contributed by atoms with van der Waals surface area (Å²) >= 11 is 0. The highest BCUT2D eigenvalue weighted by atomic mass is 14.7. The van der Waals surface area contributed by atoms with Gasteiger partial charge in [0.2, 0.25) is 0 Å². The standard InChI is InChI=1S/C10H18N2/c1-7-5-3-4-6-9(11)10(12)8(7)2/h3-6,11-12H2,1-2H3. The van der Waals surface area contributed by atoms with Crippen molar-refractivity contribution in [3.63, 3.8) is 0 Å². The lowest BCUT2D eigenvalue weighted by Crippen LogP contribution is -2.13. The third kappa shape index (κ3) is 1.81. The van der Waals surface area contributed by atoms with Gasteiger partial charge in [-0.15, -0.1) is 0 Å². The molecular weight excluding hydrogens is 148 g/mol. The van der Waals surface area contributed by atoms with E-state index in [0.717, 1.165) is 24.2 Å². The molecule has 0 aromatic carbocycles. The highest BCUT2D eigenvalue weighted by molar-refractivity contribution is 5.34. The van der Waals surface area contributed by atoms with Gasteiger partial charge in [-0.2, -0.15) is 0 Å². The van der Waals surface area contributed by atoms with Crippen molar-refractivity contribution in [2.24, 2.45) is 11.5 Å². The van der Waals surface area contributed by atoms with E-state index in [-0.39, 0.29) is 0 Å². The number of nitrogens with two attached hydrogens (primary N) is 2. The lowest BCUT2D eigenvalue weighted by molar-refractivity contribution is 0.702. The van der Waals surface area contributed by atoms with Gasteiger partial charge in [0.1, 0.15) is 0 Å². The van der Waals surface area contributed by atoms with Crippen LogP contribution in [-0.2, 0) is 0 Å². The quantitative estimate of drug-likeness (QED) is 0.578. The van der Waals surface area contributed by atoms with Gasteiger partial charge in [0.15, 0.2) is 0 Å². The predicted octanol–water partition coefficient (Wildman–Crippen LogP) is 2.03. The fraction of sp³-hybridized carbons (Fsp3) is 0.600. The zero-order valence-electron chi connectivity index (χ0n) is 7.98. The van der Waals surface area contributed by atoms with Crippen molar-refractivity contribution in [1.29, 1.82) is 0 Å². The number of allylic oxidation sites excluding steroid dienone is 3. The lowest BCUT2D eigenvalue weighted by atomic mass is 9.96. The van der Waals surface area contributed by atoms with Crippen molar-refractivity contribution >= 4 is 0 Å². The van der Waals surface area contributed by atoms with Gasteiger partial charge in [-0.05, 0) is 45.1 Å². The van der Waals surface area contributed by atoms with E-state index in [4.69, 9.17) is 11.5 Å². The first-order valence-electron chi connectivity index (χ1n) is 4.53. The van der Waals surface area contributed by atoms with Gasteiger partial charge in [-0.3, -0.25) is 0 Å². The summed E-state index contributed by atoms with van der Waals surface area (Å²) < 4.78 is 0. The molecule has 1 rings (SSSR count). The Morgan fingerprint density at radius 2 is 1.58 bits per heavy atom. The van der Waals surface area contributed by atoms with Crippen LogP contribution in [0.4, 0.5) is 0 Å². The molecule has 12 heavy (non-hydrogen) atoms. The van der Waals surface area contributed by atoms with Gasteiger partial charge in [0.25, 0.3) is 0 Å². The summed E-state index contributed by atoms with van der Waals surface area (Å²) in [5, 5.41) is 0. The first-order chi connectivity index (χ1) is 5.63. The van der Waals surface area contributed by atoms with Crippen LogP contribution < -0.4 is 11.5 Å². The van der Waals surface area contributed by atoms with E-state index in [1.807, 2.05) is 0 Å². The minimum absolute atomic E-state index is 0.812. The summed E-state index contributed by atoms with van der Waals surface area (Å²) in [6, 6.07) is 0. The first kappa shape index (κ1) is 9.17. The average Bonchev–Trinajstić information content (AvgIpc) is 2.07. The smallest absolute Gasteiger partial charge is 0.0533 e. The molecule has 2 nitrogen and oxygen atoms in total. The summed E-state index contributed by atoms with van der Waals surface area (Å²) in [7, 11) is 0. The van der Waals surface area contributed by atoms with Crippen molar-refractivity contribution in [2.75, 3.05) is 0 Å². The Morgan fingerprint density at radius 3 is 2.25 bits per heavy atom. The second-order valence-corrected chi connectivity index (χ2v) is 3.55. The maximum absolute atomic E-state index is 5.88. The van der Waals surface area contributed by atoms with Crippen LogP contribution >= 0.6 is 0 Å². The van der Waals surface area contributed by atoms with Crippen molar-refractivity contribution in [1.82, 2.24) is 0 Å². The zero-order chi connectivity index (χ0) is 9.14. The fourth-order valence-electron chi connectivity index (χ4n) is 1.50. The van der Waals surface area contributed by atoms with Crippen LogP contribution in [0.15, 0.2) is 22.5 Å². The molecule has 0 bridgehead atoms. The molecule has 68 valence electrons. The van der Waals surface area contributed by atoms with Crippen LogP contribution in [0.25, 0.3) is 0 Å². The molecule has 0 aliphatic heterocycles. The van der Waals surface area contributed by atoms with Gasteiger partial charge < -0.3 is 11.5 Å². The summed E-state index contributed by atoms with van der Waals surface area (Å²) in [5.41, 5.74) is 16.0. The Kier molecular flexibility index (Phi) is 2.79. The van der Waals surface area contributed by atoms with Gasteiger partial charge in [-0.1, -0.05) is 5.57 Å². The summed E-state index contributed by atoms with van der Waals surface area (Å²) in [6.07, 6.45) is 4.52. The molecule has 1 aliphatic carbocycles.